The van der Waals surface area contributed by atoms with Gasteiger partial charge in [-0.05, 0) is 56.6 Å². The van der Waals surface area contributed by atoms with E-state index in [-0.39, 0.29) is 0 Å². The predicted molar refractivity (Wildman–Crippen MR) is 70.0 cm³/mol. The highest BCUT2D eigenvalue weighted by Crippen LogP contribution is 2.19. The van der Waals surface area contributed by atoms with Gasteiger partial charge in [0, 0.05) is 13.1 Å². The molecular weight excluding hydrogens is 212 g/mol. The highest BCUT2D eigenvalue weighted by molar-refractivity contribution is 5.25. The van der Waals surface area contributed by atoms with Crippen LogP contribution in [0.2, 0.25) is 0 Å². The molecule has 0 amide bonds. The summed E-state index contributed by atoms with van der Waals surface area (Å²) in [7, 11) is 2.03. The van der Waals surface area contributed by atoms with Crippen molar-refractivity contribution in [1.29, 1.82) is 0 Å². The van der Waals surface area contributed by atoms with Gasteiger partial charge in [-0.1, -0.05) is 12.1 Å². The molecule has 1 heterocycles. The highest BCUT2D eigenvalue weighted by Gasteiger charge is 2.18. The fourth-order valence-electron chi connectivity index (χ4n) is 2.61. The molecule has 0 radical (unpaired) electrons. The summed E-state index contributed by atoms with van der Waals surface area (Å²) < 4.78 is 0. The second-order valence-electron chi connectivity index (χ2n) is 4.97. The number of likely N-dealkylation sites (tertiary alicyclic amines) is 1. The first-order valence-electron chi connectivity index (χ1n) is 6.43. The van der Waals surface area contributed by atoms with Crippen LogP contribution in [0.1, 0.15) is 18.4 Å². The van der Waals surface area contributed by atoms with Gasteiger partial charge in [0.1, 0.15) is 5.75 Å². The van der Waals surface area contributed by atoms with E-state index in [1.165, 1.54) is 31.5 Å². The zero-order valence-electron chi connectivity index (χ0n) is 10.5. The molecule has 1 aromatic carbocycles. The maximum absolute atomic E-state index is 9.25. The minimum absolute atomic E-state index is 0.348. The molecule has 0 bridgehead atoms. The summed E-state index contributed by atoms with van der Waals surface area (Å²) in [5, 5.41) is 12.5. The molecule has 2 N–H and O–H groups in total. The van der Waals surface area contributed by atoms with E-state index in [0.29, 0.717) is 5.75 Å². The van der Waals surface area contributed by atoms with Gasteiger partial charge in [0.05, 0.1) is 0 Å². The van der Waals surface area contributed by atoms with Gasteiger partial charge in [-0.2, -0.15) is 0 Å². The number of phenols is 1. The standard InChI is InChI=1S/C14H22N2O/c1-15-9-13-3-2-8-16(11-13)10-12-4-6-14(17)7-5-12/h4-7,13,15,17H,2-3,8-11H2,1H3. The largest absolute Gasteiger partial charge is 0.508 e. The minimum Gasteiger partial charge on any atom is -0.508 e. The normalized spacial score (nSPS) is 21.6. The maximum Gasteiger partial charge on any atom is 0.115 e. The van der Waals surface area contributed by atoms with Crippen LogP contribution in [0.25, 0.3) is 0 Å². The number of rotatable bonds is 4. The van der Waals surface area contributed by atoms with Crippen molar-refractivity contribution in [3.63, 3.8) is 0 Å². The van der Waals surface area contributed by atoms with Crippen LogP contribution in [0.15, 0.2) is 24.3 Å². The molecule has 0 aromatic heterocycles. The van der Waals surface area contributed by atoms with E-state index in [1.807, 2.05) is 19.2 Å². The molecule has 1 aliphatic rings. The number of aromatic hydroxyl groups is 1. The monoisotopic (exact) mass is 234 g/mol. The van der Waals surface area contributed by atoms with Gasteiger partial charge in [-0.3, -0.25) is 4.90 Å². The van der Waals surface area contributed by atoms with Gasteiger partial charge in [0.25, 0.3) is 0 Å². The number of nitrogens with one attached hydrogen (secondary N) is 1. The Morgan fingerprint density at radius 2 is 2.12 bits per heavy atom. The molecule has 1 unspecified atom stereocenters. The van der Waals surface area contributed by atoms with E-state index in [1.54, 1.807) is 12.1 Å². The van der Waals surface area contributed by atoms with Gasteiger partial charge in [0.2, 0.25) is 0 Å². The lowest BCUT2D eigenvalue weighted by molar-refractivity contribution is 0.167. The van der Waals surface area contributed by atoms with E-state index >= 15 is 0 Å². The number of hydrogen-bond donors (Lipinski definition) is 2. The SMILES string of the molecule is CNCC1CCCN(Cc2ccc(O)cc2)C1. The molecule has 0 saturated carbocycles. The van der Waals surface area contributed by atoms with Gasteiger partial charge in [-0.25, -0.2) is 0 Å². The Hall–Kier alpha value is -1.06. The van der Waals surface area contributed by atoms with E-state index in [0.717, 1.165) is 19.0 Å². The Labute approximate surface area is 103 Å². The van der Waals surface area contributed by atoms with Crippen molar-refractivity contribution in [2.24, 2.45) is 5.92 Å². The molecule has 1 aliphatic heterocycles. The lowest BCUT2D eigenvalue weighted by Gasteiger charge is -2.32. The quantitative estimate of drug-likeness (QED) is 0.834. The van der Waals surface area contributed by atoms with Crippen LogP contribution in [-0.2, 0) is 6.54 Å². The molecule has 94 valence electrons. The van der Waals surface area contributed by atoms with E-state index in [4.69, 9.17) is 0 Å². The second-order valence-corrected chi connectivity index (χ2v) is 4.97. The van der Waals surface area contributed by atoms with Crippen molar-refractivity contribution in [3.05, 3.63) is 29.8 Å². The van der Waals surface area contributed by atoms with E-state index in [9.17, 15) is 5.11 Å². The van der Waals surface area contributed by atoms with Crippen LogP contribution in [0.5, 0.6) is 5.75 Å². The lowest BCUT2D eigenvalue weighted by Crippen LogP contribution is -2.38. The minimum atomic E-state index is 0.348. The summed E-state index contributed by atoms with van der Waals surface area (Å²) in [4.78, 5) is 2.51. The molecular formula is C14H22N2O. The highest BCUT2D eigenvalue weighted by atomic mass is 16.3. The first-order valence-corrected chi connectivity index (χ1v) is 6.43. The Morgan fingerprint density at radius 1 is 1.35 bits per heavy atom. The van der Waals surface area contributed by atoms with Crippen molar-refractivity contribution < 1.29 is 5.11 Å². The Bertz CT molecular complexity index is 335. The first-order chi connectivity index (χ1) is 8.28. The van der Waals surface area contributed by atoms with Crippen LogP contribution >= 0.6 is 0 Å². The summed E-state index contributed by atoms with van der Waals surface area (Å²) in [6.07, 6.45) is 2.64. The van der Waals surface area contributed by atoms with Crippen LogP contribution in [0, 0.1) is 5.92 Å². The Kier molecular flexibility index (Phi) is 4.40. The lowest BCUT2D eigenvalue weighted by atomic mass is 9.97. The molecule has 0 spiro atoms. The first kappa shape index (κ1) is 12.4. The second kappa shape index (κ2) is 6.03. The molecule has 3 heteroatoms. The van der Waals surface area contributed by atoms with Gasteiger partial charge >= 0.3 is 0 Å². The number of piperidine rings is 1. The van der Waals surface area contributed by atoms with Crippen LogP contribution in [0.4, 0.5) is 0 Å². The topological polar surface area (TPSA) is 35.5 Å². The van der Waals surface area contributed by atoms with E-state index < -0.39 is 0 Å². The molecule has 1 atom stereocenters. The summed E-state index contributed by atoms with van der Waals surface area (Å²) >= 11 is 0. The molecule has 2 rings (SSSR count). The Balaban J connectivity index is 1.87. The van der Waals surface area contributed by atoms with E-state index in [2.05, 4.69) is 10.2 Å². The molecule has 0 aliphatic carbocycles. The van der Waals surface area contributed by atoms with Crippen molar-refractivity contribution in [2.45, 2.75) is 19.4 Å². The Morgan fingerprint density at radius 3 is 2.82 bits per heavy atom. The van der Waals surface area contributed by atoms with Crippen molar-refractivity contribution in [2.75, 3.05) is 26.7 Å². The third-order valence-corrected chi connectivity index (χ3v) is 3.44. The average Bonchev–Trinajstić information content (AvgIpc) is 2.33. The van der Waals surface area contributed by atoms with Gasteiger partial charge < -0.3 is 10.4 Å². The zero-order chi connectivity index (χ0) is 12.1. The number of hydrogen-bond acceptors (Lipinski definition) is 3. The summed E-state index contributed by atoms with van der Waals surface area (Å²) in [6.45, 7) is 4.50. The van der Waals surface area contributed by atoms with Crippen LogP contribution < -0.4 is 5.32 Å². The third-order valence-electron chi connectivity index (χ3n) is 3.44. The molecule has 3 nitrogen and oxygen atoms in total. The summed E-state index contributed by atoms with van der Waals surface area (Å²) in [5.41, 5.74) is 1.29. The predicted octanol–water partition coefficient (Wildman–Crippen LogP) is 1.82. The van der Waals surface area contributed by atoms with Crippen LogP contribution in [-0.4, -0.2) is 36.7 Å². The fourth-order valence-corrected chi connectivity index (χ4v) is 2.61. The summed E-state index contributed by atoms with van der Waals surface area (Å²) in [5.74, 6) is 1.13. The molecule has 1 aromatic rings. The fraction of sp³-hybridized carbons (Fsp3) is 0.571. The maximum atomic E-state index is 9.25. The van der Waals surface area contributed by atoms with Crippen molar-refractivity contribution >= 4 is 0 Å². The number of benzene rings is 1. The molecule has 1 fully saturated rings. The smallest absolute Gasteiger partial charge is 0.115 e. The van der Waals surface area contributed by atoms with Gasteiger partial charge in [-0.15, -0.1) is 0 Å². The molecule has 1 saturated heterocycles. The van der Waals surface area contributed by atoms with Crippen molar-refractivity contribution in [1.82, 2.24) is 10.2 Å². The van der Waals surface area contributed by atoms with Gasteiger partial charge in [0.15, 0.2) is 0 Å². The number of phenolic OH excluding ortho intramolecular Hbond substituents is 1. The molecule has 17 heavy (non-hydrogen) atoms. The summed E-state index contributed by atoms with van der Waals surface area (Å²) in [6, 6.07) is 7.56. The van der Waals surface area contributed by atoms with Crippen molar-refractivity contribution in [3.8, 4) is 5.75 Å². The number of nitrogens with zero attached hydrogens (tertiary/aromatic N) is 1. The van der Waals surface area contributed by atoms with Crippen LogP contribution in [0.3, 0.4) is 0 Å². The third kappa shape index (κ3) is 3.72. The zero-order valence-corrected chi connectivity index (χ0v) is 10.5. The average molecular weight is 234 g/mol.